The zero-order valence-corrected chi connectivity index (χ0v) is 10.6. The van der Waals surface area contributed by atoms with E-state index in [0.29, 0.717) is 5.52 Å². The van der Waals surface area contributed by atoms with Crippen LogP contribution in [0, 0.1) is 5.92 Å². The Labute approximate surface area is 113 Å². The van der Waals surface area contributed by atoms with Crippen molar-refractivity contribution in [1.29, 1.82) is 0 Å². The van der Waals surface area contributed by atoms with E-state index in [1.807, 2.05) is 0 Å². The minimum atomic E-state index is -4.57. The van der Waals surface area contributed by atoms with E-state index in [2.05, 4.69) is 4.98 Å². The average Bonchev–Trinajstić information content (AvgIpc) is 2.37. The van der Waals surface area contributed by atoms with E-state index in [4.69, 9.17) is 5.11 Å². The maximum Gasteiger partial charge on any atom is 0.392 e. The molecule has 0 aliphatic rings. The number of halogens is 3. The molecule has 1 heterocycles. The molecule has 0 radical (unpaired) electrons. The van der Waals surface area contributed by atoms with Crippen LogP contribution in [0.15, 0.2) is 36.5 Å². The average molecular weight is 283 g/mol. The van der Waals surface area contributed by atoms with Crippen LogP contribution in [0.5, 0.6) is 0 Å². The first-order valence-electron chi connectivity index (χ1n) is 5.95. The lowest BCUT2D eigenvalue weighted by Crippen LogP contribution is -2.31. The van der Waals surface area contributed by atoms with E-state index in [-0.39, 0.29) is 5.56 Å². The van der Waals surface area contributed by atoms with Gasteiger partial charge in [-0.15, -0.1) is 0 Å². The van der Waals surface area contributed by atoms with Crippen molar-refractivity contribution in [3.05, 3.63) is 42.1 Å². The molecule has 106 valence electrons. The summed E-state index contributed by atoms with van der Waals surface area (Å²) in [6.45, 7) is 0.876. The second-order valence-corrected chi connectivity index (χ2v) is 4.60. The number of carboxylic acid groups (broad SMARTS) is 1. The minimum Gasteiger partial charge on any atom is -0.481 e. The molecule has 0 unspecified atom stereocenters. The summed E-state index contributed by atoms with van der Waals surface area (Å²) in [4.78, 5) is 15.2. The molecule has 0 aliphatic carbocycles. The quantitative estimate of drug-likeness (QED) is 0.936. The van der Waals surface area contributed by atoms with Crippen LogP contribution in [-0.2, 0) is 4.79 Å². The number of pyridine rings is 1. The maximum atomic E-state index is 12.8. The molecule has 2 atom stereocenters. The number of carboxylic acids is 1. The van der Waals surface area contributed by atoms with E-state index >= 15 is 0 Å². The highest BCUT2D eigenvalue weighted by Gasteiger charge is 2.45. The fourth-order valence-corrected chi connectivity index (χ4v) is 2.11. The van der Waals surface area contributed by atoms with Crippen LogP contribution in [0.2, 0.25) is 0 Å². The summed E-state index contributed by atoms with van der Waals surface area (Å²) in [6, 6.07) is 7.85. The van der Waals surface area contributed by atoms with E-state index < -0.39 is 24.0 Å². The Morgan fingerprint density at radius 1 is 1.30 bits per heavy atom. The van der Waals surface area contributed by atoms with Gasteiger partial charge in [0.2, 0.25) is 0 Å². The number of rotatable bonds is 3. The number of alkyl halides is 3. The maximum absolute atomic E-state index is 12.8. The summed E-state index contributed by atoms with van der Waals surface area (Å²) in [7, 11) is 0. The number of hydrogen-bond donors (Lipinski definition) is 1. The second-order valence-electron chi connectivity index (χ2n) is 4.60. The third-order valence-electron chi connectivity index (χ3n) is 3.27. The summed E-state index contributed by atoms with van der Waals surface area (Å²) in [5.41, 5.74) is 0.583. The first-order chi connectivity index (χ1) is 9.30. The van der Waals surface area contributed by atoms with Crippen LogP contribution in [0.1, 0.15) is 18.4 Å². The Hall–Kier alpha value is -2.11. The minimum absolute atomic E-state index is 0.105. The van der Waals surface area contributed by atoms with Gasteiger partial charge in [-0.25, -0.2) is 0 Å². The van der Waals surface area contributed by atoms with Gasteiger partial charge in [0.15, 0.2) is 0 Å². The van der Waals surface area contributed by atoms with Gasteiger partial charge in [-0.1, -0.05) is 25.1 Å². The van der Waals surface area contributed by atoms with Crippen LogP contribution in [-0.4, -0.2) is 22.2 Å². The third kappa shape index (κ3) is 2.74. The molecule has 3 nitrogen and oxygen atoms in total. The Bertz CT molecular complexity index is 640. The summed E-state index contributed by atoms with van der Waals surface area (Å²) >= 11 is 0. The van der Waals surface area contributed by atoms with Gasteiger partial charge >= 0.3 is 12.1 Å². The fourth-order valence-electron chi connectivity index (χ4n) is 2.11. The normalized spacial score (nSPS) is 15.0. The molecule has 0 spiro atoms. The summed E-state index contributed by atoms with van der Waals surface area (Å²) in [6.07, 6.45) is -3.06. The third-order valence-corrected chi connectivity index (χ3v) is 3.27. The van der Waals surface area contributed by atoms with Gasteiger partial charge in [-0.3, -0.25) is 9.78 Å². The monoisotopic (exact) mass is 283 g/mol. The van der Waals surface area contributed by atoms with Crippen LogP contribution in [0.25, 0.3) is 10.9 Å². The topological polar surface area (TPSA) is 50.2 Å². The van der Waals surface area contributed by atoms with Gasteiger partial charge in [0.25, 0.3) is 0 Å². The van der Waals surface area contributed by atoms with Crippen LogP contribution in [0.3, 0.4) is 0 Å². The largest absolute Gasteiger partial charge is 0.481 e. The predicted octanol–water partition coefficient (Wildman–Crippen LogP) is 3.60. The number of carbonyl (C=O) groups is 1. The van der Waals surface area contributed by atoms with E-state index in [9.17, 15) is 18.0 Å². The van der Waals surface area contributed by atoms with Gasteiger partial charge in [0, 0.05) is 11.6 Å². The molecule has 0 bridgehead atoms. The highest BCUT2D eigenvalue weighted by molar-refractivity contribution is 5.82. The number of fused-ring (bicyclic) bond motifs is 1. The molecule has 0 aliphatic heterocycles. The Morgan fingerprint density at radius 3 is 2.60 bits per heavy atom. The summed E-state index contributed by atoms with van der Waals surface area (Å²) in [5, 5.41) is 9.86. The SMILES string of the molecule is C[C@H]([C@H](C(=O)O)c1ccc2cccnc2c1)C(F)(F)F. The van der Waals surface area contributed by atoms with Gasteiger partial charge in [0.05, 0.1) is 17.4 Å². The van der Waals surface area contributed by atoms with Crippen molar-refractivity contribution in [3.63, 3.8) is 0 Å². The molecule has 0 saturated heterocycles. The lowest BCUT2D eigenvalue weighted by molar-refractivity contribution is -0.183. The Morgan fingerprint density at radius 2 is 2.00 bits per heavy atom. The lowest BCUT2D eigenvalue weighted by atomic mass is 9.86. The molecule has 2 aromatic rings. The molecule has 0 fully saturated rings. The van der Waals surface area contributed by atoms with Crippen molar-refractivity contribution in [2.24, 2.45) is 5.92 Å². The van der Waals surface area contributed by atoms with Crippen molar-refractivity contribution >= 4 is 16.9 Å². The molecular weight excluding hydrogens is 271 g/mol. The van der Waals surface area contributed by atoms with Gasteiger partial charge in [-0.05, 0) is 17.7 Å². The van der Waals surface area contributed by atoms with Gasteiger partial charge in [0.1, 0.15) is 0 Å². The number of benzene rings is 1. The second kappa shape index (κ2) is 5.11. The molecular formula is C14H12F3NO2. The molecule has 0 amide bonds. The molecule has 6 heteroatoms. The van der Waals surface area contributed by atoms with Crippen LogP contribution in [0.4, 0.5) is 13.2 Å². The highest BCUT2D eigenvalue weighted by Crippen LogP contribution is 2.38. The summed E-state index contributed by atoms with van der Waals surface area (Å²) < 4.78 is 38.3. The van der Waals surface area contributed by atoms with Crippen LogP contribution < -0.4 is 0 Å². The van der Waals surface area contributed by atoms with E-state index in [1.54, 1.807) is 18.2 Å². The van der Waals surface area contributed by atoms with E-state index in [0.717, 1.165) is 12.3 Å². The van der Waals surface area contributed by atoms with Crippen molar-refractivity contribution in [3.8, 4) is 0 Å². The van der Waals surface area contributed by atoms with Crippen LogP contribution >= 0.6 is 0 Å². The first kappa shape index (κ1) is 14.3. The zero-order chi connectivity index (χ0) is 14.9. The van der Waals surface area contributed by atoms with Gasteiger partial charge < -0.3 is 5.11 Å². The van der Waals surface area contributed by atoms with Gasteiger partial charge in [-0.2, -0.15) is 13.2 Å². The molecule has 2 rings (SSSR count). The number of hydrogen-bond acceptors (Lipinski definition) is 2. The Balaban J connectivity index is 2.49. The first-order valence-corrected chi connectivity index (χ1v) is 5.95. The van der Waals surface area contributed by atoms with Crippen molar-refractivity contribution < 1.29 is 23.1 Å². The predicted molar refractivity (Wildman–Crippen MR) is 67.3 cm³/mol. The fraction of sp³-hybridized carbons (Fsp3) is 0.286. The Kier molecular flexibility index (Phi) is 3.65. The molecule has 1 N–H and O–H groups in total. The number of aromatic nitrogens is 1. The lowest BCUT2D eigenvalue weighted by Gasteiger charge is -2.23. The number of nitrogens with zero attached hydrogens (tertiary/aromatic N) is 1. The number of aliphatic carboxylic acids is 1. The highest BCUT2D eigenvalue weighted by atomic mass is 19.4. The standard InChI is InChI=1S/C14H12F3NO2/c1-8(14(15,16)17)12(13(19)20)10-5-4-9-3-2-6-18-11(9)7-10/h2-8,12H,1H3,(H,19,20)/t8-,12+/m1/s1. The molecule has 20 heavy (non-hydrogen) atoms. The summed E-state index contributed by atoms with van der Waals surface area (Å²) in [5.74, 6) is -5.10. The smallest absolute Gasteiger partial charge is 0.392 e. The van der Waals surface area contributed by atoms with Crippen molar-refractivity contribution in [1.82, 2.24) is 4.98 Å². The zero-order valence-electron chi connectivity index (χ0n) is 10.6. The van der Waals surface area contributed by atoms with Crippen molar-refractivity contribution in [2.75, 3.05) is 0 Å². The van der Waals surface area contributed by atoms with Crippen molar-refractivity contribution in [2.45, 2.75) is 19.0 Å². The molecule has 0 saturated carbocycles. The molecule has 1 aromatic heterocycles. The molecule has 1 aromatic carbocycles. The van der Waals surface area contributed by atoms with E-state index in [1.165, 1.54) is 18.3 Å².